The van der Waals surface area contributed by atoms with Gasteiger partial charge in [0.2, 0.25) is 0 Å². The van der Waals surface area contributed by atoms with Gasteiger partial charge in [-0.1, -0.05) is 97.1 Å². The third-order valence-corrected chi connectivity index (χ3v) is 9.43. The van der Waals surface area contributed by atoms with Crippen molar-refractivity contribution < 1.29 is 8.83 Å². The SMILES string of the molecule is c1ccc(-c2ccc(N(c3ccc4c(ccc5cc6oc7ccccc7c6cc54)c3)c3ccc4oc5ccccc5c4c3)cc2)cc1. The van der Waals surface area contributed by atoms with Crippen molar-refractivity contribution in [2.24, 2.45) is 0 Å². The van der Waals surface area contributed by atoms with Crippen LogP contribution < -0.4 is 4.90 Å². The van der Waals surface area contributed by atoms with Crippen LogP contribution in [0.2, 0.25) is 0 Å². The first-order valence-electron chi connectivity index (χ1n) is 15.9. The Kier molecular flexibility index (Phi) is 5.57. The van der Waals surface area contributed by atoms with Gasteiger partial charge in [-0.3, -0.25) is 0 Å². The van der Waals surface area contributed by atoms with E-state index in [1.165, 1.54) is 32.7 Å². The highest BCUT2D eigenvalue weighted by molar-refractivity contribution is 6.17. The molecular weight excluding hydrogens is 574 g/mol. The van der Waals surface area contributed by atoms with Crippen LogP contribution in [0.3, 0.4) is 0 Å². The van der Waals surface area contributed by atoms with Crippen LogP contribution in [0, 0.1) is 0 Å². The topological polar surface area (TPSA) is 29.5 Å². The molecule has 0 aliphatic carbocycles. The van der Waals surface area contributed by atoms with Crippen molar-refractivity contribution in [3.63, 3.8) is 0 Å². The summed E-state index contributed by atoms with van der Waals surface area (Å²) in [5.74, 6) is 0. The molecule has 0 saturated carbocycles. The molecule has 2 aromatic heterocycles. The Morgan fingerprint density at radius 1 is 0.298 bits per heavy atom. The molecule has 2 heterocycles. The van der Waals surface area contributed by atoms with Crippen LogP contribution in [-0.2, 0) is 0 Å². The summed E-state index contributed by atoms with van der Waals surface area (Å²) < 4.78 is 12.4. The predicted octanol–water partition coefficient (Wildman–Crippen LogP) is 12.9. The third-order valence-electron chi connectivity index (χ3n) is 9.43. The molecule has 0 aliphatic rings. The molecule has 3 nitrogen and oxygen atoms in total. The Morgan fingerprint density at radius 2 is 0.851 bits per heavy atom. The Balaban J connectivity index is 1.16. The number of furan rings is 2. The Bertz CT molecular complexity index is 2790. The molecule has 3 heteroatoms. The number of anilines is 3. The van der Waals surface area contributed by atoms with Crippen molar-refractivity contribution in [2.75, 3.05) is 4.90 Å². The second-order valence-corrected chi connectivity index (χ2v) is 12.2. The van der Waals surface area contributed by atoms with E-state index in [2.05, 4.69) is 144 Å². The molecule has 0 radical (unpaired) electrons. The number of fused-ring (bicyclic) bond motifs is 9. The van der Waals surface area contributed by atoms with Gasteiger partial charge < -0.3 is 13.7 Å². The number of rotatable bonds is 4. The van der Waals surface area contributed by atoms with Crippen molar-refractivity contribution in [1.82, 2.24) is 0 Å². The van der Waals surface area contributed by atoms with Gasteiger partial charge in [0.1, 0.15) is 22.3 Å². The monoisotopic (exact) mass is 601 g/mol. The molecule has 0 fully saturated rings. The zero-order valence-corrected chi connectivity index (χ0v) is 25.4. The van der Waals surface area contributed by atoms with Crippen molar-refractivity contribution in [3.05, 3.63) is 164 Å². The van der Waals surface area contributed by atoms with E-state index in [0.29, 0.717) is 0 Å². The largest absolute Gasteiger partial charge is 0.456 e. The van der Waals surface area contributed by atoms with Gasteiger partial charge in [-0.25, -0.2) is 0 Å². The third kappa shape index (κ3) is 4.14. The normalized spacial score (nSPS) is 11.8. The number of benzene rings is 8. The molecule has 0 unspecified atom stereocenters. The number of hydrogen-bond donors (Lipinski definition) is 0. The van der Waals surface area contributed by atoms with Gasteiger partial charge in [-0.2, -0.15) is 0 Å². The lowest BCUT2D eigenvalue weighted by molar-refractivity contribution is 0.668. The van der Waals surface area contributed by atoms with E-state index in [4.69, 9.17) is 8.83 Å². The smallest absolute Gasteiger partial charge is 0.136 e. The lowest BCUT2D eigenvalue weighted by Gasteiger charge is -2.26. The van der Waals surface area contributed by atoms with Crippen LogP contribution in [0.15, 0.2) is 173 Å². The molecule has 0 bridgehead atoms. The highest BCUT2D eigenvalue weighted by Gasteiger charge is 2.17. The summed E-state index contributed by atoms with van der Waals surface area (Å²) in [5.41, 5.74) is 9.26. The van der Waals surface area contributed by atoms with Crippen molar-refractivity contribution in [1.29, 1.82) is 0 Å². The molecule has 0 spiro atoms. The molecule has 8 aromatic carbocycles. The fourth-order valence-electron chi connectivity index (χ4n) is 7.14. The molecule has 10 aromatic rings. The summed E-state index contributed by atoms with van der Waals surface area (Å²) in [5, 5.41) is 9.30. The maximum absolute atomic E-state index is 6.20. The summed E-state index contributed by atoms with van der Waals surface area (Å²) in [6.45, 7) is 0. The van der Waals surface area contributed by atoms with Crippen LogP contribution in [0.25, 0.3) is 76.5 Å². The molecule has 0 amide bonds. The lowest BCUT2D eigenvalue weighted by Crippen LogP contribution is -2.09. The van der Waals surface area contributed by atoms with Crippen LogP contribution in [-0.4, -0.2) is 0 Å². The fraction of sp³-hybridized carbons (Fsp3) is 0. The maximum atomic E-state index is 6.20. The van der Waals surface area contributed by atoms with Crippen molar-refractivity contribution >= 4 is 82.5 Å². The number of nitrogens with zero attached hydrogens (tertiary/aromatic N) is 1. The minimum absolute atomic E-state index is 0.886. The first kappa shape index (κ1) is 26.0. The van der Waals surface area contributed by atoms with E-state index in [0.717, 1.165) is 60.9 Å². The molecule has 0 saturated heterocycles. The summed E-state index contributed by atoms with van der Waals surface area (Å²) in [6.07, 6.45) is 0. The van der Waals surface area contributed by atoms with Crippen molar-refractivity contribution in [3.8, 4) is 11.1 Å². The molecular formula is C44H27NO2. The quantitative estimate of drug-likeness (QED) is 0.188. The van der Waals surface area contributed by atoms with Crippen LogP contribution in [0.4, 0.5) is 17.1 Å². The summed E-state index contributed by atoms with van der Waals surface area (Å²) >= 11 is 0. The predicted molar refractivity (Wildman–Crippen MR) is 196 cm³/mol. The molecule has 0 N–H and O–H groups in total. The van der Waals surface area contributed by atoms with Gasteiger partial charge in [0.25, 0.3) is 0 Å². The van der Waals surface area contributed by atoms with Gasteiger partial charge >= 0.3 is 0 Å². The zero-order chi connectivity index (χ0) is 30.9. The Labute approximate surface area is 270 Å². The van der Waals surface area contributed by atoms with E-state index < -0.39 is 0 Å². The van der Waals surface area contributed by atoms with Gasteiger partial charge in [0, 0.05) is 38.6 Å². The minimum Gasteiger partial charge on any atom is -0.456 e. The molecule has 10 rings (SSSR count). The van der Waals surface area contributed by atoms with Crippen LogP contribution in [0.1, 0.15) is 0 Å². The molecule has 0 atom stereocenters. The highest BCUT2D eigenvalue weighted by Crippen LogP contribution is 2.41. The fourth-order valence-corrected chi connectivity index (χ4v) is 7.14. The summed E-state index contributed by atoms with van der Waals surface area (Å²) in [6, 6.07) is 58.1. The number of hydrogen-bond acceptors (Lipinski definition) is 3. The van der Waals surface area contributed by atoms with E-state index in [1.54, 1.807) is 0 Å². The van der Waals surface area contributed by atoms with Gasteiger partial charge in [0.05, 0.1) is 0 Å². The zero-order valence-electron chi connectivity index (χ0n) is 25.4. The second kappa shape index (κ2) is 10.1. The van der Waals surface area contributed by atoms with E-state index in [-0.39, 0.29) is 0 Å². The minimum atomic E-state index is 0.886. The maximum Gasteiger partial charge on any atom is 0.136 e. The van der Waals surface area contributed by atoms with E-state index in [9.17, 15) is 0 Å². The Morgan fingerprint density at radius 3 is 1.62 bits per heavy atom. The average Bonchev–Trinajstić information content (AvgIpc) is 3.69. The average molecular weight is 602 g/mol. The summed E-state index contributed by atoms with van der Waals surface area (Å²) in [4.78, 5) is 2.34. The van der Waals surface area contributed by atoms with Crippen molar-refractivity contribution in [2.45, 2.75) is 0 Å². The molecule has 220 valence electrons. The summed E-state index contributed by atoms with van der Waals surface area (Å²) in [7, 11) is 0. The lowest BCUT2D eigenvalue weighted by atomic mass is 9.99. The van der Waals surface area contributed by atoms with Gasteiger partial charge in [0.15, 0.2) is 0 Å². The van der Waals surface area contributed by atoms with Crippen LogP contribution >= 0.6 is 0 Å². The number of para-hydroxylation sites is 2. The van der Waals surface area contributed by atoms with E-state index >= 15 is 0 Å². The standard InChI is InChI=1S/C44H27NO2/c1-2-8-28(9-3-1)29-16-18-32(19-17-29)45(34-21-23-43-39(26-34)36-10-4-6-12-41(36)46-43)33-20-22-35-30(24-33)14-15-31-25-44-40(27-38(31)35)37-11-5-7-13-42(37)47-44/h1-27H. The van der Waals surface area contributed by atoms with E-state index in [1.807, 2.05) is 24.3 Å². The highest BCUT2D eigenvalue weighted by atomic mass is 16.3. The van der Waals surface area contributed by atoms with Crippen LogP contribution in [0.5, 0.6) is 0 Å². The first-order valence-corrected chi connectivity index (χ1v) is 15.9. The van der Waals surface area contributed by atoms with Gasteiger partial charge in [-0.15, -0.1) is 0 Å². The first-order chi connectivity index (χ1) is 23.3. The molecule has 0 aliphatic heterocycles. The Hall–Kier alpha value is -6.32. The van der Waals surface area contributed by atoms with Gasteiger partial charge in [-0.05, 0) is 99.4 Å². The molecule has 47 heavy (non-hydrogen) atoms. The second-order valence-electron chi connectivity index (χ2n) is 12.2.